The van der Waals surface area contributed by atoms with Gasteiger partial charge in [0.05, 0.1) is 0 Å². The molecule has 0 spiro atoms. The van der Waals surface area contributed by atoms with E-state index < -0.39 is 26.2 Å². The van der Waals surface area contributed by atoms with Crippen LogP contribution in [0.15, 0.2) is 20.7 Å². The predicted octanol–water partition coefficient (Wildman–Crippen LogP) is -1.31. The summed E-state index contributed by atoms with van der Waals surface area (Å²) in [5, 5.41) is 0. The van der Waals surface area contributed by atoms with Crippen LogP contribution in [-0.4, -0.2) is 41.5 Å². The minimum Gasteiger partial charge on any atom is -0.330 e. The highest BCUT2D eigenvalue weighted by molar-refractivity contribution is 7.89. The summed E-state index contributed by atoms with van der Waals surface area (Å²) < 4.78 is 28.3. The maximum absolute atomic E-state index is 12.6. The Morgan fingerprint density at radius 3 is 2.38 bits per heavy atom. The third kappa shape index (κ3) is 3.42. The Kier molecular flexibility index (Phi) is 5.48. The first-order valence-corrected chi connectivity index (χ1v) is 8.07. The van der Waals surface area contributed by atoms with Crippen LogP contribution >= 0.6 is 0 Å². The summed E-state index contributed by atoms with van der Waals surface area (Å²) in [6.45, 7) is 4.31. The van der Waals surface area contributed by atoms with Gasteiger partial charge >= 0.3 is 5.69 Å². The largest absolute Gasteiger partial charge is 0.330 e. The molecule has 1 heterocycles. The zero-order chi connectivity index (χ0) is 16.4. The van der Waals surface area contributed by atoms with E-state index in [-0.39, 0.29) is 19.0 Å². The molecular weight excluding hydrogens is 296 g/mol. The van der Waals surface area contributed by atoms with E-state index in [1.807, 2.05) is 6.92 Å². The van der Waals surface area contributed by atoms with Gasteiger partial charge in [0.2, 0.25) is 10.0 Å². The van der Waals surface area contributed by atoms with Crippen LogP contribution in [0.5, 0.6) is 0 Å². The summed E-state index contributed by atoms with van der Waals surface area (Å²) in [5.74, 6) is -0.0314. The Morgan fingerprint density at radius 2 is 1.90 bits per heavy atom. The Hall–Kier alpha value is -1.45. The van der Waals surface area contributed by atoms with Gasteiger partial charge < -0.3 is 10.3 Å². The molecule has 0 saturated carbocycles. The van der Waals surface area contributed by atoms with E-state index >= 15 is 0 Å². The Morgan fingerprint density at radius 1 is 1.33 bits per heavy atom. The molecule has 0 radical (unpaired) electrons. The van der Waals surface area contributed by atoms with Crippen LogP contribution in [0.4, 0.5) is 0 Å². The van der Waals surface area contributed by atoms with Crippen LogP contribution in [0.25, 0.3) is 0 Å². The van der Waals surface area contributed by atoms with Crippen molar-refractivity contribution in [1.82, 2.24) is 13.4 Å². The van der Waals surface area contributed by atoms with E-state index in [1.165, 1.54) is 18.4 Å². The van der Waals surface area contributed by atoms with Gasteiger partial charge in [-0.05, 0) is 12.5 Å². The van der Waals surface area contributed by atoms with E-state index in [1.54, 1.807) is 6.92 Å². The van der Waals surface area contributed by atoms with Gasteiger partial charge in [0.15, 0.2) is 4.90 Å². The molecule has 0 saturated heterocycles. The molecular formula is C12H22N4O4S. The van der Waals surface area contributed by atoms with Crippen molar-refractivity contribution in [2.45, 2.75) is 18.7 Å². The molecule has 0 amide bonds. The Bertz CT molecular complexity index is 720. The second-order valence-electron chi connectivity index (χ2n) is 5.05. The molecule has 0 aliphatic rings. The van der Waals surface area contributed by atoms with E-state index in [0.717, 1.165) is 15.3 Å². The number of nitrogens with zero attached hydrogens (tertiary/aromatic N) is 3. The van der Waals surface area contributed by atoms with Gasteiger partial charge in [-0.15, -0.1) is 0 Å². The lowest BCUT2D eigenvalue weighted by atomic mass is 10.2. The van der Waals surface area contributed by atoms with Crippen LogP contribution in [0, 0.1) is 5.92 Å². The number of hydrogen-bond donors (Lipinski definition) is 1. The van der Waals surface area contributed by atoms with Crippen LogP contribution < -0.4 is 17.0 Å². The van der Waals surface area contributed by atoms with Gasteiger partial charge in [-0.1, -0.05) is 13.8 Å². The minimum atomic E-state index is -3.96. The van der Waals surface area contributed by atoms with Crippen molar-refractivity contribution in [1.29, 1.82) is 0 Å². The molecule has 1 atom stereocenters. The van der Waals surface area contributed by atoms with Crippen molar-refractivity contribution < 1.29 is 8.42 Å². The molecule has 9 heteroatoms. The highest BCUT2D eigenvalue weighted by atomic mass is 32.2. The first-order valence-electron chi connectivity index (χ1n) is 6.63. The number of aromatic nitrogens is 2. The number of rotatable bonds is 6. The molecule has 0 aliphatic heterocycles. The molecule has 120 valence electrons. The highest BCUT2D eigenvalue weighted by Crippen LogP contribution is 2.12. The lowest BCUT2D eigenvalue weighted by Gasteiger charge is -2.23. The van der Waals surface area contributed by atoms with Gasteiger partial charge in [0.1, 0.15) is 0 Å². The van der Waals surface area contributed by atoms with Crippen LogP contribution in [0.2, 0.25) is 0 Å². The average molecular weight is 318 g/mol. The van der Waals surface area contributed by atoms with E-state index in [9.17, 15) is 18.0 Å². The monoisotopic (exact) mass is 318 g/mol. The number of aryl methyl sites for hydroxylation is 1. The zero-order valence-electron chi connectivity index (χ0n) is 12.7. The summed E-state index contributed by atoms with van der Waals surface area (Å²) in [7, 11) is -1.31. The van der Waals surface area contributed by atoms with E-state index in [0.29, 0.717) is 6.54 Å². The predicted molar refractivity (Wildman–Crippen MR) is 79.6 cm³/mol. The summed E-state index contributed by atoms with van der Waals surface area (Å²) in [5.41, 5.74) is 4.13. The fraction of sp³-hybridized carbons (Fsp3) is 0.667. The maximum atomic E-state index is 12.6. The third-order valence-corrected chi connectivity index (χ3v) is 5.23. The second kappa shape index (κ2) is 6.54. The molecule has 2 N–H and O–H groups in total. The summed E-state index contributed by atoms with van der Waals surface area (Å²) in [6.07, 6.45) is 1.07. The Balaban J connectivity index is 3.43. The Labute approximate surface area is 123 Å². The van der Waals surface area contributed by atoms with Gasteiger partial charge in [-0.25, -0.2) is 13.2 Å². The van der Waals surface area contributed by atoms with Gasteiger partial charge in [-0.3, -0.25) is 9.36 Å². The fourth-order valence-electron chi connectivity index (χ4n) is 1.91. The molecule has 0 aliphatic carbocycles. The number of sulfonamides is 1. The van der Waals surface area contributed by atoms with Crippen molar-refractivity contribution in [2.24, 2.45) is 25.7 Å². The maximum Gasteiger partial charge on any atom is 0.330 e. The van der Waals surface area contributed by atoms with Crippen LogP contribution in [-0.2, 0) is 24.1 Å². The van der Waals surface area contributed by atoms with Crippen molar-refractivity contribution >= 4 is 10.0 Å². The van der Waals surface area contributed by atoms with Gasteiger partial charge in [-0.2, -0.15) is 4.31 Å². The topological polar surface area (TPSA) is 107 Å². The smallest absolute Gasteiger partial charge is 0.330 e. The van der Waals surface area contributed by atoms with Crippen molar-refractivity contribution in [3.63, 3.8) is 0 Å². The fourth-order valence-corrected chi connectivity index (χ4v) is 3.63. The molecule has 0 fully saturated rings. The molecule has 1 aromatic heterocycles. The third-order valence-electron chi connectivity index (χ3n) is 3.30. The number of nitrogens with two attached hydrogens (primary N) is 1. The summed E-state index contributed by atoms with van der Waals surface area (Å²) >= 11 is 0. The van der Waals surface area contributed by atoms with E-state index in [4.69, 9.17) is 5.73 Å². The average Bonchev–Trinajstić information content (AvgIpc) is 2.45. The molecule has 1 aromatic rings. The summed E-state index contributed by atoms with van der Waals surface area (Å²) in [4.78, 5) is 23.3. The SMILES string of the molecule is CCN(CC(C)CN)S(=O)(=O)c1cn(C)c(=O)n(C)c1=O. The summed E-state index contributed by atoms with van der Waals surface area (Å²) in [6, 6.07) is 0. The van der Waals surface area contributed by atoms with Crippen molar-refractivity contribution in [3.8, 4) is 0 Å². The highest BCUT2D eigenvalue weighted by Gasteiger charge is 2.28. The molecule has 8 nitrogen and oxygen atoms in total. The zero-order valence-corrected chi connectivity index (χ0v) is 13.6. The first-order chi connectivity index (χ1) is 9.66. The van der Waals surface area contributed by atoms with Crippen molar-refractivity contribution in [2.75, 3.05) is 19.6 Å². The molecule has 0 aromatic carbocycles. The van der Waals surface area contributed by atoms with E-state index in [2.05, 4.69) is 0 Å². The second-order valence-corrected chi connectivity index (χ2v) is 6.95. The lowest BCUT2D eigenvalue weighted by molar-refractivity contribution is 0.369. The lowest BCUT2D eigenvalue weighted by Crippen LogP contribution is -2.44. The van der Waals surface area contributed by atoms with Gasteiger partial charge in [0, 0.05) is 33.4 Å². The minimum absolute atomic E-state index is 0.0314. The standard InChI is InChI=1S/C12H22N4O4S/c1-5-16(7-9(2)6-13)21(19,20)10-8-14(3)12(18)15(4)11(10)17/h8-9H,5-7,13H2,1-4H3. The molecule has 1 unspecified atom stereocenters. The van der Waals surface area contributed by atoms with Crippen LogP contribution in [0.1, 0.15) is 13.8 Å². The van der Waals surface area contributed by atoms with Crippen molar-refractivity contribution in [3.05, 3.63) is 27.0 Å². The van der Waals surface area contributed by atoms with Gasteiger partial charge in [0.25, 0.3) is 5.56 Å². The number of hydrogen-bond acceptors (Lipinski definition) is 5. The first kappa shape index (κ1) is 17.6. The normalized spacial score (nSPS) is 13.6. The quantitative estimate of drug-likeness (QED) is 0.701. The molecule has 21 heavy (non-hydrogen) atoms. The molecule has 1 rings (SSSR count). The van der Waals surface area contributed by atoms with Crippen LogP contribution in [0.3, 0.4) is 0 Å². The molecule has 0 bridgehead atoms.